The maximum Gasteiger partial charge on any atom is 0.312 e. The van der Waals surface area contributed by atoms with Gasteiger partial charge in [-0.15, -0.1) is 0 Å². The van der Waals surface area contributed by atoms with Crippen molar-refractivity contribution in [3.63, 3.8) is 0 Å². The maximum absolute atomic E-state index is 11.1. The Morgan fingerprint density at radius 2 is 2.00 bits per heavy atom. The van der Waals surface area contributed by atoms with Crippen molar-refractivity contribution in [2.45, 2.75) is 31.5 Å². The van der Waals surface area contributed by atoms with E-state index in [4.69, 9.17) is 10.5 Å². The Bertz CT molecular complexity index is 920. The first-order chi connectivity index (χ1) is 13.3. The van der Waals surface area contributed by atoms with Gasteiger partial charge in [0.2, 0.25) is 0 Å². The van der Waals surface area contributed by atoms with Crippen LogP contribution in [0, 0.1) is 11.3 Å². The second-order valence-corrected chi connectivity index (χ2v) is 7.30. The summed E-state index contributed by atoms with van der Waals surface area (Å²) in [5.41, 5.74) is 7.31. The van der Waals surface area contributed by atoms with Crippen molar-refractivity contribution in [2.75, 3.05) is 18.4 Å². The summed E-state index contributed by atoms with van der Waals surface area (Å²) in [6.45, 7) is 4.55. The van der Waals surface area contributed by atoms with E-state index in [1.54, 1.807) is 18.2 Å². The summed E-state index contributed by atoms with van der Waals surface area (Å²) in [6, 6.07) is 14.5. The topological polar surface area (TPSA) is 120 Å². The first-order valence-electron chi connectivity index (χ1n) is 9.10. The number of hydrogen-bond acceptors (Lipinski definition) is 5. The highest BCUT2D eigenvalue weighted by Gasteiger charge is 2.44. The fourth-order valence-corrected chi connectivity index (χ4v) is 3.52. The van der Waals surface area contributed by atoms with Crippen LogP contribution in [0.4, 0.5) is 10.5 Å². The lowest BCUT2D eigenvalue weighted by Gasteiger charge is -2.43. The van der Waals surface area contributed by atoms with Gasteiger partial charge in [0.1, 0.15) is 17.5 Å². The monoisotopic (exact) mass is 380 g/mol. The summed E-state index contributed by atoms with van der Waals surface area (Å²) >= 11 is 0. The molecule has 2 atom stereocenters. The molecule has 5 N–H and O–H groups in total. The molecule has 1 aliphatic heterocycles. The molecule has 146 valence electrons. The van der Waals surface area contributed by atoms with Crippen LogP contribution in [-0.2, 0) is 0 Å². The Labute approximate surface area is 164 Å². The Hall–Kier alpha value is -3.24. The van der Waals surface area contributed by atoms with E-state index < -0.39 is 17.7 Å². The van der Waals surface area contributed by atoms with Crippen LogP contribution in [0.3, 0.4) is 0 Å². The van der Waals surface area contributed by atoms with Gasteiger partial charge in [-0.25, -0.2) is 4.79 Å². The second kappa shape index (κ2) is 7.79. The van der Waals surface area contributed by atoms with Gasteiger partial charge in [0.15, 0.2) is 0 Å². The number of rotatable bonds is 5. The highest BCUT2D eigenvalue weighted by molar-refractivity contribution is 5.71. The third-order valence-electron chi connectivity index (χ3n) is 4.91. The number of aliphatic hydroxyl groups is 1. The van der Waals surface area contributed by atoms with Gasteiger partial charge in [-0.3, -0.25) is 0 Å². The number of carbonyl (C=O) groups excluding carboxylic acids is 1. The third-order valence-corrected chi connectivity index (χ3v) is 4.91. The molecule has 3 rings (SSSR count). The van der Waals surface area contributed by atoms with Gasteiger partial charge in [-0.05, 0) is 43.7 Å². The van der Waals surface area contributed by atoms with Gasteiger partial charge in [0.05, 0.1) is 11.6 Å². The van der Waals surface area contributed by atoms with E-state index in [-0.39, 0.29) is 5.92 Å². The fourth-order valence-electron chi connectivity index (χ4n) is 3.52. The molecule has 1 heterocycles. The molecule has 2 aromatic carbocycles. The van der Waals surface area contributed by atoms with E-state index in [1.165, 1.54) is 0 Å². The van der Waals surface area contributed by atoms with Crippen molar-refractivity contribution in [3.05, 3.63) is 59.2 Å². The summed E-state index contributed by atoms with van der Waals surface area (Å²) in [7, 11) is 0. The van der Waals surface area contributed by atoms with Crippen LogP contribution in [0.15, 0.2) is 42.5 Å². The van der Waals surface area contributed by atoms with Gasteiger partial charge < -0.3 is 26.2 Å². The lowest BCUT2D eigenvalue weighted by atomic mass is 9.76. The molecule has 28 heavy (non-hydrogen) atoms. The number of aliphatic hydroxyl groups excluding tert-OH is 1. The number of fused-ring (bicyclic) bond motifs is 1. The van der Waals surface area contributed by atoms with Crippen molar-refractivity contribution < 1.29 is 14.6 Å². The van der Waals surface area contributed by atoms with Crippen LogP contribution in [0.1, 0.15) is 36.5 Å². The van der Waals surface area contributed by atoms with Gasteiger partial charge in [0.25, 0.3) is 0 Å². The molecule has 0 radical (unpaired) electrons. The predicted octanol–water partition coefficient (Wildman–Crippen LogP) is 2.30. The van der Waals surface area contributed by atoms with Crippen LogP contribution in [-0.4, -0.2) is 35.9 Å². The minimum atomic E-state index is -0.819. The zero-order chi connectivity index (χ0) is 20.3. The van der Waals surface area contributed by atoms with Crippen molar-refractivity contribution in [2.24, 2.45) is 5.73 Å². The molecule has 2 amide bonds. The largest absolute Gasteiger partial charge is 0.485 e. The quantitative estimate of drug-likeness (QED) is 0.593. The van der Waals surface area contributed by atoms with Gasteiger partial charge in [0, 0.05) is 30.3 Å². The lowest BCUT2D eigenvalue weighted by molar-refractivity contribution is -0.0510. The fraction of sp³-hybridized carbons (Fsp3) is 0.333. The molecule has 2 unspecified atom stereocenters. The number of benzene rings is 2. The molecule has 0 bridgehead atoms. The van der Waals surface area contributed by atoms with Gasteiger partial charge in [-0.2, -0.15) is 5.26 Å². The Balaban J connectivity index is 2.00. The summed E-state index contributed by atoms with van der Waals surface area (Å²) in [6.07, 6.45) is -0.819. The van der Waals surface area contributed by atoms with Gasteiger partial charge in [-0.1, -0.05) is 18.2 Å². The van der Waals surface area contributed by atoms with E-state index in [0.717, 1.165) is 16.8 Å². The molecule has 7 nitrogen and oxygen atoms in total. The van der Waals surface area contributed by atoms with Crippen molar-refractivity contribution in [3.8, 4) is 11.8 Å². The molecule has 0 aliphatic carbocycles. The highest BCUT2D eigenvalue weighted by atomic mass is 16.5. The number of anilines is 1. The molecule has 0 saturated heterocycles. The number of urea groups is 1. The first kappa shape index (κ1) is 19.5. The summed E-state index contributed by atoms with van der Waals surface area (Å²) in [5.74, 6) is 0.282. The smallest absolute Gasteiger partial charge is 0.312 e. The number of ether oxygens (including phenoxy) is 1. The van der Waals surface area contributed by atoms with Crippen molar-refractivity contribution in [1.82, 2.24) is 5.32 Å². The SMILES string of the molecule is CC1(C)Oc2ccc(C#N)cc2C(c2ccccc2NCCNC(N)=O)C1O. The average Bonchev–Trinajstić information content (AvgIpc) is 2.66. The van der Waals surface area contributed by atoms with Crippen LogP contribution >= 0.6 is 0 Å². The summed E-state index contributed by atoms with van der Waals surface area (Å²) in [4.78, 5) is 10.8. The van der Waals surface area contributed by atoms with Crippen LogP contribution < -0.4 is 21.1 Å². The van der Waals surface area contributed by atoms with E-state index in [2.05, 4.69) is 16.7 Å². The molecule has 0 aromatic heterocycles. The van der Waals surface area contributed by atoms with E-state index in [9.17, 15) is 15.2 Å². The molecule has 1 aliphatic rings. The zero-order valence-electron chi connectivity index (χ0n) is 15.9. The number of carbonyl (C=O) groups is 1. The molecule has 2 aromatic rings. The Morgan fingerprint density at radius 3 is 2.71 bits per heavy atom. The Morgan fingerprint density at radius 1 is 1.25 bits per heavy atom. The molecule has 0 saturated carbocycles. The number of amides is 2. The number of hydrogen-bond donors (Lipinski definition) is 4. The Kier molecular flexibility index (Phi) is 5.43. The first-order valence-corrected chi connectivity index (χ1v) is 9.10. The minimum Gasteiger partial charge on any atom is -0.485 e. The van der Waals surface area contributed by atoms with Crippen molar-refractivity contribution in [1.29, 1.82) is 5.26 Å². The average molecular weight is 380 g/mol. The number of para-hydroxylation sites is 1. The van der Waals surface area contributed by atoms with Crippen molar-refractivity contribution >= 4 is 11.7 Å². The molecular formula is C21H24N4O3. The third kappa shape index (κ3) is 3.87. The van der Waals surface area contributed by atoms with E-state index in [0.29, 0.717) is 24.4 Å². The normalized spacial score (nSPS) is 19.6. The summed E-state index contributed by atoms with van der Waals surface area (Å²) < 4.78 is 6.01. The molecule has 0 fully saturated rings. The second-order valence-electron chi connectivity index (χ2n) is 7.30. The number of nitrogens with two attached hydrogens (primary N) is 1. The number of primary amides is 1. The van der Waals surface area contributed by atoms with E-state index >= 15 is 0 Å². The predicted molar refractivity (Wildman–Crippen MR) is 106 cm³/mol. The van der Waals surface area contributed by atoms with Crippen LogP contribution in [0.5, 0.6) is 5.75 Å². The number of nitrogens with zero attached hydrogens (tertiary/aromatic N) is 1. The molecule has 0 spiro atoms. The number of nitriles is 1. The zero-order valence-corrected chi connectivity index (χ0v) is 15.9. The number of nitrogens with one attached hydrogen (secondary N) is 2. The highest BCUT2D eigenvalue weighted by Crippen LogP contribution is 2.46. The minimum absolute atomic E-state index is 0.375. The van der Waals surface area contributed by atoms with Gasteiger partial charge >= 0.3 is 6.03 Å². The van der Waals surface area contributed by atoms with Crippen LogP contribution in [0.25, 0.3) is 0 Å². The van der Waals surface area contributed by atoms with Crippen LogP contribution in [0.2, 0.25) is 0 Å². The lowest BCUT2D eigenvalue weighted by Crippen LogP contribution is -2.49. The molecular weight excluding hydrogens is 356 g/mol. The molecule has 7 heteroatoms. The maximum atomic E-state index is 11.1. The summed E-state index contributed by atoms with van der Waals surface area (Å²) in [5, 5.41) is 26.2. The standard InChI is InChI=1S/C21H24N4O3/c1-21(2)19(26)18(15-11-13(12-22)7-8-17(15)28-21)14-5-3-4-6-16(14)24-9-10-25-20(23)27/h3-8,11,18-19,24,26H,9-10H2,1-2H3,(H3,23,25,27). The van der Waals surface area contributed by atoms with E-state index in [1.807, 2.05) is 38.1 Å².